The summed E-state index contributed by atoms with van der Waals surface area (Å²) in [6.07, 6.45) is 1.23. The number of nitrogens with one attached hydrogen (secondary N) is 1. The molecule has 0 aliphatic heterocycles. The highest BCUT2D eigenvalue weighted by Crippen LogP contribution is 2.11. The molecule has 4 heteroatoms. The van der Waals surface area contributed by atoms with Gasteiger partial charge in [0, 0.05) is 26.5 Å². The molecule has 0 fully saturated rings. The molecule has 1 aromatic carbocycles. The van der Waals surface area contributed by atoms with Crippen LogP contribution in [0.25, 0.3) is 0 Å². The van der Waals surface area contributed by atoms with Crippen molar-refractivity contribution in [2.24, 2.45) is 0 Å². The van der Waals surface area contributed by atoms with Gasteiger partial charge in [0.25, 0.3) is 0 Å². The van der Waals surface area contributed by atoms with E-state index in [2.05, 4.69) is 5.32 Å². The summed E-state index contributed by atoms with van der Waals surface area (Å²) in [6.45, 7) is 7.75. The molecule has 4 nitrogen and oxygen atoms in total. The van der Waals surface area contributed by atoms with Crippen molar-refractivity contribution >= 4 is 5.91 Å². The van der Waals surface area contributed by atoms with E-state index in [4.69, 9.17) is 9.47 Å². The van der Waals surface area contributed by atoms with Crippen molar-refractivity contribution < 1.29 is 14.3 Å². The monoisotopic (exact) mass is 281 g/mol. The summed E-state index contributed by atoms with van der Waals surface area (Å²) < 4.78 is 10.9. The van der Waals surface area contributed by atoms with E-state index in [1.165, 1.54) is 5.56 Å². The second kappa shape index (κ2) is 12.5. The predicted octanol–water partition coefficient (Wildman–Crippen LogP) is 2.94. The topological polar surface area (TPSA) is 47.6 Å². The molecule has 20 heavy (non-hydrogen) atoms. The molecule has 0 saturated carbocycles. The van der Waals surface area contributed by atoms with Crippen molar-refractivity contribution in [3.8, 4) is 5.75 Å². The van der Waals surface area contributed by atoms with Gasteiger partial charge in [-0.15, -0.1) is 0 Å². The van der Waals surface area contributed by atoms with Crippen LogP contribution < -0.4 is 10.1 Å². The Labute approximate surface area is 122 Å². The maximum atomic E-state index is 10.9. The predicted molar refractivity (Wildman–Crippen MR) is 82.1 cm³/mol. The molecule has 1 amide bonds. The average molecular weight is 281 g/mol. The highest BCUT2D eigenvalue weighted by molar-refractivity contribution is 5.75. The van der Waals surface area contributed by atoms with Gasteiger partial charge >= 0.3 is 0 Å². The van der Waals surface area contributed by atoms with Crippen LogP contribution in [0.1, 0.15) is 32.3 Å². The first-order chi connectivity index (χ1) is 9.72. The molecule has 1 rings (SSSR count). The van der Waals surface area contributed by atoms with Gasteiger partial charge in [-0.05, 0) is 19.1 Å². The third-order valence-electron chi connectivity index (χ3n) is 2.48. The summed E-state index contributed by atoms with van der Waals surface area (Å²) in [4.78, 5) is 10.9. The zero-order valence-electron chi connectivity index (χ0n) is 13.1. The minimum absolute atomic E-state index is 0.00547. The van der Waals surface area contributed by atoms with Crippen LogP contribution in [0, 0.1) is 6.92 Å². The number of carbonyl (C=O) groups excluding carboxylic acids is 1. The van der Waals surface area contributed by atoms with Crippen LogP contribution in [0.4, 0.5) is 0 Å². The fraction of sp³-hybridized carbons (Fsp3) is 0.562. The molecule has 0 spiro atoms. The van der Waals surface area contributed by atoms with E-state index in [1.54, 1.807) is 7.05 Å². The molecular formula is C16H27NO3. The Bertz CT molecular complexity index is 349. The van der Waals surface area contributed by atoms with Gasteiger partial charge in [0.15, 0.2) is 0 Å². The van der Waals surface area contributed by atoms with Crippen LogP contribution in [0.15, 0.2) is 24.3 Å². The van der Waals surface area contributed by atoms with Crippen LogP contribution in [-0.4, -0.2) is 32.8 Å². The lowest BCUT2D eigenvalue weighted by atomic mass is 10.2. The van der Waals surface area contributed by atoms with Crippen molar-refractivity contribution in [1.29, 1.82) is 0 Å². The van der Waals surface area contributed by atoms with Gasteiger partial charge < -0.3 is 14.8 Å². The first-order valence-corrected chi connectivity index (χ1v) is 7.20. The summed E-state index contributed by atoms with van der Waals surface area (Å²) in [5.74, 6) is 0.886. The quantitative estimate of drug-likeness (QED) is 0.745. The molecule has 0 saturated heterocycles. The van der Waals surface area contributed by atoms with Crippen LogP contribution in [0.2, 0.25) is 0 Å². The Balaban J connectivity index is 0.00000172. The lowest BCUT2D eigenvalue weighted by molar-refractivity contribution is -0.121. The smallest absolute Gasteiger partial charge is 0.222 e. The highest BCUT2D eigenvalue weighted by atomic mass is 16.5. The Kier molecular flexibility index (Phi) is 11.5. The summed E-state index contributed by atoms with van der Waals surface area (Å²) in [7, 11) is 1.62. The molecule has 0 aliphatic carbocycles. The Morgan fingerprint density at radius 1 is 1.10 bits per heavy atom. The molecule has 0 unspecified atom stereocenters. The number of benzene rings is 1. The third-order valence-corrected chi connectivity index (χ3v) is 2.48. The molecule has 0 radical (unpaired) electrons. The van der Waals surface area contributed by atoms with Gasteiger partial charge in [0.2, 0.25) is 5.91 Å². The van der Waals surface area contributed by atoms with E-state index in [9.17, 15) is 4.79 Å². The van der Waals surface area contributed by atoms with Gasteiger partial charge in [-0.3, -0.25) is 4.79 Å². The lowest BCUT2D eigenvalue weighted by Gasteiger charge is -2.07. The van der Waals surface area contributed by atoms with Crippen LogP contribution >= 0.6 is 0 Å². The van der Waals surface area contributed by atoms with Crippen molar-refractivity contribution in [3.05, 3.63) is 29.8 Å². The van der Waals surface area contributed by atoms with Crippen molar-refractivity contribution in [2.45, 2.75) is 33.6 Å². The lowest BCUT2D eigenvalue weighted by Crippen LogP contribution is -2.19. The number of rotatable bonds is 8. The second-order valence-corrected chi connectivity index (χ2v) is 4.05. The van der Waals surface area contributed by atoms with Gasteiger partial charge in [-0.25, -0.2) is 0 Å². The minimum atomic E-state index is 0.00547. The largest absolute Gasteiger partial charge is 0.494 e. The van der Waals surface area contributed by atoms with Crippen LogP contribution in [0.3, 0.4) is 0 Å². The molecular weight excluding hydrogens is 254 g/mol. The fourth-order valence-electron chi connectivity index (χ4n) is 1.38. The maximum Gasteiger partial charge on any atom is 0.222 e. The summed E-state index contributed by atoms with van der Waals surface area (Å²) in [5.41, 5.74) is 1.22. The normalized spacial score (nSPS) is 9.40. The number of amides is 1. The molecule has 0 atom stereocenters. The van der Waals surface area contributed by atoms with Crippen molar-refractivity contribution in [2.75, 3.05) is 26.9 Å². The van der Waals surface area contributed by atoms with Crippen molar-refractivity contribution in [3.63, 3.8) is 0 Å². The van der Waals surface area contributed by atoms with Gasteiger partial charge in [0.1, 0.15) is 5.75 Å². The molecule has 1 aromatic rings. The molecule has 0 aromatic heterocycles. The van der Waals surface area contributed by atoms with Crippen LogP contribution in [-0.2, 0) is 9.53 Å². The summed E-state index contributed by atoms with van der Waals surface area (Å²) >= 11 is 0. The van der Waals surface area contributed by atoms with E-state index < -0.39 is 0 Å². The zero-order chi connectivity index (χ0) is 15.2. The van der Waals surface area contributed by atoms with E-state index >= 15 is 0 Å². The van der Waals surface area contributed by atoms with E-state index in [0.717, 1.165) is 12.2 Å². The van der Waals surface area contributed by atoms with E-state index in [-0.39, 0.29) is 5.91 Å². The standard InChI is InChI=1S/C14H21NO3.C2H6/c1-12-4-6-13(7-5-12)18-10-3-9-17-11-8-14(16)15-2;1-2/h4-7H,3,8-11H2,1-2H3,(H,15,16);1-2H3. The molecule has 1 N–H and O–H groups in total. The number of aryl methyl sites for hydroxylation is 1. The fourth-order valence-corrected chi connectivity index (χ4v) is 1.38. The maximum absolute atomic E-state index is 10.9. The highest BCUT2D eigenvalue weighted by Gasteiger charge is 1.97. The molecule has 0 heterocycles. The number of hydrogen-bond acceptors (Lipinski definition) is 3. The first-order valence-electron chi connectivity index (χ1n) is 7.20. The number of carbonyl (C=O) groups is 1. The molecule has 0 aliphatic rings. The molecule has 0 bridgehead atoms. The van der Waals surface area contributed by atoms with E-state index in [0.29, 0.717) is 26.2 Å². The van der Waals surface area contributed by atoms with Gasteiger partial charge in [0.05, 0.1) is 13.2 Å². The Hall–Kier alpha value is -1.55. The third kappa shape index (κ3) is 9.39. The zero-order valence-corrected chi connectivity index (χ0v) is 13.1. The van der Waals surface area contributed by atoms with E-state index in [1.807, 2.05) is 45.0 Å². The second-order valence-electron chi connectivity index (χ2n) is 4.05. The summed E-state index contributed by atoms with van der Waals surface area (Å²) in [5, 5.41) is 2.55. The SMILES string of the molecule is CC.CNC(=O)CCOCCCOc1ccc(C)cc1. The first kappa shape index (κ1) is 18.4. The van der Waals surface area contributed by atoms with Crippen LogP contribution in [0.5, 0.6) is 5.75 Å². The number of hydrogen-bond donors (Lipinski definition) is 1. The van der Waals surface area contributed by atoms with Gasteiger partial charge in [-0.1, -0.05) is 31.5 Å². The Morgan fingerprint density at radius 2 is 1.75 bits per heavy atom. The number of ether oxygens (including phenoxy) is 2. The molecule has 114 valence electrons. The minimum Gasteiger partial charge on any atom is -0.494 e. The average Bonchev–Trinajstić information content (AvgIpc) is 2.50. The van der Waals surface area contributed by atoms with Crippen molar-refractivity contribution in [1.82, 2.24) is 5.32 Å². The summed E-state index contributed by atoms with van der Waals surface area (Å²) in [6, 6.07) is 7.97. The Morgan fingerprint density at radius 3 is 2.35 bits per heavy atom. The van der Waals surface area contributed by atoms with Gasteiger partial charge in [-0.2, -0.15) is 0 Å².